The summed E-state index contributed by atoms with van der Waals surface area (Å²) in [6.45, 7) is 2.28. The van der Waals surface area contributed by atoms with Gasteiger partial charge in [-0.3, -0.25) is 32.5 Å². The van der Waals surface area contributed by atoms with Gasteiger partial charge in [0.15, 0.2) is 6.10 Å². The van der Waals surface area contributed by atoms with Crippen LogP contribution in [0, 0.1) is 0 Å². The molecule has 0 spiro atoms. The molecule has 0 heterocycles. The fourth-order valence-corrected chi connectivity index (χ4v) is 11.0. The van der Waals surface area contributed by atoms with E-state index in [0.29, 0.717) is 25.7 Å². The summed E-state index contributed by atoms with van der Waals surface area (Å²) in [5.41, 5.74) is 0. The molecule has 0 aromatic heterocycles. The molecule has 0 aliphatic heterocycles. The largest absolute Gasteiger partial charge is 0.472 e. The molecule has 0 aliphatic carbocycles. The van der Waals surface area contributed by atoms with Gasteiger partial charge in [-0.05, 0) is 148 Å². The van der Waals surface area contributed by atoms with Crippen LogP contribution in [0.5, 0.6) is 0 Å². The zero-order chi connectivity index (χ0) is 73.7. The van der Waals surface area contributed by atoms with E-state index in [0.717, 1.165) is 173 Å². The lowest BCUT2D eigenvalue weighted by atomic mass is 10.1. The lowest BCUT2D eigenvalue weighted by molar-refractivity contribution is -0.161. The number of hydrogen-bond donors (Lipinski definition) is 4. The van der Waals surface area contributed by atoms with E-state index in [1.54, 1.807) is 0 Å². The van der Waals surface area contributed by atoms with Crippen molar-refractivity contribution in [3.8, 4) is 0 Å². The molecular formula is C83H134O16P2. The molecule has 16 nitrogen and oxygen atoms in total. The van der Waals surface area contributed by atoms with E-state index in [-0.39, 0.29) is 19.3 Å². The summed E-state index contributed by atoms with van der Waals surface area (Å²) in [7, 11) is -9.84. The molecule has 0 radical (unpaired) electrons. The smallest absolute Gasteiger partial charge is 0.463 e. The van der Waals surface area contributed by atoms with Gasteiger partial charge in [-0.1, -0.05) is 280 Å². The van der Waals surface area contributed by atoms with Gasteiger partial charge in [0.25, 0.3) is 0 Å². The van der Waals surface area contributed by atoms with Crippen molar-refractivity contribution >= 4 is 33.6 Å². The van der Waals surface area contributed by atoms with Crippen molar-refractivity contribution in [2.75, 3.05) is 39.6 Å². The lowest BCUT2D eigenvalue weighted by Gasteiger charge is -2.21. The lowest BCUT2D eigenvalue weighted by Crippen LogP contribution is -2.29. The van der Waals surface area contributed by atoms with Crippen LogP contribution in [-0.2, 0) is 55.8 Å². The highest BCUT2D eigenvalue weighted by atomic mass is 31.2. The number of hydrogen-bond acceptors (Lipinski definition) is 14. The minimum Gasteiger partial charge on any atom is -0.463 e. The van der Waals surface area contributed by atoms with Crippen LogP contribution in [0.1, 0.15) is 265 Å². The van der Waals surface area contributed by atoms with E-state index in [4.69, 9.17) is 32.3 Å². The molecule has 0 saturated carbocycles. The SMILES string of the molecule is CC/C=C\C/C=C\C/C=C\C/C=C\C/C=C\C/C=C\CCC(=O)OC(COC(=O)CCCCCCCCC/C=C\C/C=C\C/C=C\C/C=C\CCCCC)COP(=O)(O)OCC(O)COP(=O)(O)OCC(O)COC(=O)CCCCCCCCC/C=C\C/C=C\C/C=C\C/C=C\C/C=C\CC. The first-order chi connectivity index (χ1) is 49.2. The maximum Gasteiger partial charge on any atom is 0.472 e. The summed E-state index contributed by atoms with van der Waals surface area (Å²) in [6.07, 6.45) is 95.1. The van der Waals surface area contributed by atoms with Gasteiger partial charge in [-0.25, -0.2) is 9.13 Å². The normalized spacial score (nSPS) is 15.0. The highest BCUT2D eigenvalue weighted by Gasteiger charge is 2.29. The molecule has 5 unspecified atom stereocenters. The molecule has 0 aromatic carbocycles. The molecule has 0 fully saturated rings. The number of ether oxygens (including phenoxy) is 3. The molecule has 0 aliphatic rings. The van der Waals surface area contributed by atoms with Crippen LogP contribution >= 0.6 is 15.6 Å². The number of carbonyl (C=O) groups is 3. The summed E-state index contributed by atoms with van der Waals surface area (Å²) in [5.74, 6) is -1.71. The molecule has 0 bridgehead atoms. The number of carbonyl (C=O) groups excluding carboxylic acids is 3. The third-order valence-electron chi connectivity index (χ3n) is 15.1. The van der Waals surface area contributed by atoms with Gasteiger partial charge >= 0.3 is 33.6 Å². The van der Waals surface area contributed by atoms with E-state index in [1.165, 1.54) is 25.7 Å². The fraction of sp³-hybridized carbons (Fsp3) is 0.602. The Morgan fingerprint density at radius 3 is 0.871 bits per heavy atom. The number of unbranched alkanes of at least 4 members (excludes halogenated alkanes) is 17. The van der Waals surface area contributed by atoms with Crippen molar-refractivity contribution in [1.82, 2.24) is 0 Å². The van der Waals surface area contributed by atoms with Crippen molar-refractivity contribution in [3.63, 3.8) is 0 Å². The molecule has 101 heavy (non-hydrogen) atoms. The Morgan fingerprint density at radius 2 is 0.545 bits per heavy atom. The molecule has 0 aromatic rings. The third kappa shape index (κ3) is 75.6. The zero-order valence-corrected chi connectivity index (χ0v) is 64.0. The van der Waals surface area contributed by atoms with Crippen molar-refractivity contribution in [1.29, 1.82) is 0 Å². The summed E-state index contributed by atoms with van der Waals surface area (Å²) in [4.78, 5) is 58.6. The molecule has 4 N–H and O–H groups in total. The number of aliphatic hydroxyl groups excluding tert-OH is 2. The van der Waals surface area contributed by atoms with E-state index >= 15 is 0 Å². The Labute approximate surface area is 611 Å². The first-order valence-electron chi connectivity index (χ1n) is 38.1. The minimum atomic E-state index is -4.96. The third-order valence-corrected chi connectivity index (χ3v) is 17.0. The van der Waals surface area contributed by atoms with Crippen LogP contribution in [0.2, 0.25) is 0 Å². The molecule has 0 rings (SSSR count). The average Bonchev–Trinajstić information content (AvgIpc) is 0.941. The second-order valence-electron chi connectivity index (χ2n) is 24.7. The van der Waals surface area contributed by atoms with Crippen LogP contribution in [0.15, 0.2) is 182 Å². The Hall–Kier alpha value is -5.35. The zero-order valence-electron chi connectivity index (χ0n) is 62.2. The maximum atomic E-state index is 13.0. The highest BCUT2D eigenvalue weighted by molar-refractivity contribution is 7.47. The van der Waals surface area contributed by atoms with Crippen molar-refractivity contribution in [2.45, 2.75) is 283 Å². The van der Waals surface area contributed by atoms with Gasteiger partial charge in [0, 0.05) is 19.3 Å². The Bertz CT molecular complexity index is 2570. The monoisotopic (exact) mass is 1450 g/mol. The summed E-state index contributed by atoms with van der Waals surface area (Å²) in [5, 5.41) is 20.6. The van der Waals surface area contributed by atoms with E-state index in [1.807, 2.05) is 18.2 Å². The average molecular weight is 1450 g/mol. The molecule has 572 valence electrons. The number of aliphatic hydroxyl groups is 2. The Balaban J connectivity index is 4.79. The first kappa shape index (κ1) is 95.6. The number of phosphoric acid groups is 2. The summed E-state index contributed by atoms with van der Waals surface area (Å²) in [6, 6.07) is 0. The Kier molecular flexibility index (Phi) is 70.4. The van der Waals surface area contributed by atoms with Crippen molar-refractivity contribution in [3.05, 3.63) is 182 Å². The predicted molar refractivity (Wildman–Crippen MR) is 417 cm³/mol. The summed E-state index contributed by atoms with van der Waals surface area (Å²) >= 11 is 0. The fourth-order valence-electron chi connectivity index (χ4n) is 9.37. The van der Waals surface area contributed by atoms with E-state index < -0.39 is 91.5 Å². The van der Waals surface area contributed by atoms with Crippen LogP contribution < -0.4 is 0 Å². The van der Waals surface area contributed by atoms with Crippen molar-refractivity contribution in [2.24, 2.45) is 0 Å². The maximum absolute atomic E-state index is 13.0. The van der Waals surface area contributed by atoms with Crippen LogP contribution in [0.4, 0.5) is 0 Å². The van der Waals surface area contributed by atoms with Gasteiger partial charge in [0.1, 0.15) is 25.4 Å². The van der Waals surface area contributed by atoms with Crippen LogP contribution in [0.25, 0.3) is 0 Å². The topological polar surface area (TPSA) is 231 Å². The van der Waals surface area contributed by atoms with Gasteiger partial charge in [0.2, 0.25) is 0 Å². The van der Waals surface area contributed by atoms with E-state index in [9.17, 15) is 43.5 Å². The summed E-state index contributed by atoms with van der Waals surface area (Å²) < 4.78 is 61.0. The second-order valence-corrected chi connectivity index (χ2v) is 27.6. The quantitative estimate of drug-likeness (QED) is 0.0146. The standard InChI is InChI=1S/C83H134O16P2/c1-4-7-10-13-16-19-22-25-28-31-34-36-38-40-43-45-48-51-54-57-60-63-66-69-81(86)93-72-78(84)73-95-100(89,90)96-74-79(85)75-97-101(91,92)98-77-80(99-83(88)71-68-65-62-59-56-53-50-47-42-33-30-27-24-21-18-15-12-9-6-3)76-94-82(87)70-67-64-61-58-55-52-49-46-44-41-39-37-35-32-29-26-23-20-17-14-11-8-5-2/h7,9-10,12,16-21,25-30,34-37,40-44,47,53,56,62,65,78-80,84-85H,4-6,8,11,13-15,22-24,31-33,38-39,45-46,48-52,54-55,57-61,63-64,66-77H2,1-3H3,(H,89,90)(H,91,92)/b10-7-,12-9-,19-16-,20-17-,21-18-,28-25-,29-26-,30-27-,36-34-,37-35-,43-40-,44-41-,47-42-,56-53-,65-62-. The Morgan fingerprint density at radius 1 is 0.287 bits per heavy atom. The number of phosphoric ester groups is 2. The number of rotatable bonds is 70. The predicted octanol–water partition coefficient (Wildman–Crippen LogP) is 22.2. The highest BCUT2D eigenvalue weighted by Crippen LogP contribution is 2.45. The van der Waals surface area contributed by atoms with Gasteiger partial charge in [-0.15, -0.1) is 0 Å². The first-order valence-corrected chi connectivity index (χ1v) is 41.1. The van der Waals surface area contributed by atoms with Crippen LogP contribution in [0.3, 0.4) is 0 Å². The van der Waals surface area contributed by atoms with Gasteiger partial charge in [-0.2, -0.15) is 0 Å². The van der Waals surface area contributed by atoms with Gasteiger partial charge < -0.3 is 34.2 Å². The van der Waals surface area contributed by atoms with Crippen molar-refractivity contribution < 1.29 is 75.8 Å². The second kappa shape index (κ2) is 74.4. The minimum absolute atomic E-state index is 0.0307. The number of esters is 3. The number of allylic oxidation sites excluding steroid dienone is 30. The molecule has 0 saturated heterocycles. The van der Waals surface area contributed by atoms with Crippen LogP contribution in [-0.4, -0.2) is 95.9 Å². The molecular weight excluding hydrogens is 1310 g/mol. The molecule has 5 atom stereocenters. The van der Waals surface area contributed by atoms with Gasteiger partial charge in [0.05, 0.1) is 26.4 Å². The molecule has 0 amide bonds. The van der Waals surface area contributed by atoms with E-state index in [2.05, 4.69) is 185 Å². The molecule has 18 heteroatoms.